The minimum absolute atomic E-state index is 0.0943. The van der Waals surface area contributed by atoms with Gasteiger partial charge in [-0.25, -0.2) is 0 Å². The lowest BCUT2D eigenvalue weighted by Crippen LogP contribution is -2.44. The van der Waals surface area contributed by atoms with E-state index in [4.69, 9.17) is 5.11 Å². The van der Waals surface area contributed by atoms with Crippen molar-refractivity contribution in [2.45, 2.75) is 23.7 Å². The Morgan fingerprint density at radius 3 is 3.00 bits per heavy atom. The Morgan fingerprint density at radius 2 is 2.20 bits per heavy atom. The van der Waals surface area contributed by atoms with Gasteiger partial charge in [-0.1, -0.05) is 18.2 Å². The van der Waals surface area contributed by atoms with Gasteiger partial charge >= 0.3 is 5.97 Å². The molecule has 2 aliphatic rings. The first-order valence-corrected chi connectivity index (χ1v) is 7.86. The quantitative estimate of drug-likeness (QED) is 0.927. The zero-order valence-electron chi connectivity index (χ0n) is 11.1. The maximum atomic E-state index is 12.0. The van der Waals surface area contributed by atoms with E-state index in [0.717, 1.165) is 5.75 Å². The number of hydrogen-bond donors (Lipinski definition) is 1. The van der Waals surface area contributed by atoms with Gasteiger partial charge < -0.3 is 10.0 Å². The Balaban J connectivity index is 1.71. The largest absolute Gasteiger partial charge is 0.481 e. The maximum Gasteiger partial charge on any atom is 0.308 e. The molecule has 2 unspecified atom stereocenters. The highest BCUT2D eigenvalue weighted by Crippen LogP contribution is 2.40. The second kappa shape index (κ2) is 5.48. The average Bonchev–Trinajstić information content (AvgIpc) is 2.84. The molecule has 20 heavy (non-hydrogen) atoms. The Kier molecular flexibility index (Phi) is 3.70. The number of carboxylic acids is 1. The predicted molar refractivity (Wildman–Crippen MR) is 76.8 cm³/mol. The van der Waals surface area contributed by atoms with Crippen molar-refractivity contribution in [2.75, 3.05) is 18.8 Å². The second-order valence-corrected chi connectivity index (χ2v) is 6.48. The Bertz CT molecular complexity index is 546. The van der Waals surface area contributed by atoms with Gasteiger partial charge in [-0.05, 0) is 18.1 Å². The second-order valence-electron chi connectivity index (χ2n) is 5.42. The molecule has 0 spiro atoms. The molecule has 1 N–H and O–H groups in total. The molecule has 0 aliphatic carbocycles. The lowest BCUT2D eigenvalue weighted by atomic mass is 9.95. The van der Waals surface area contributed by atoms with E-state index >= 15 is 0 Å². The number of carbonyl (C=O) groups excluding carboxylic acids is 1. The van der Waals surface area contributed by atoms with Crippen LogP contribution < -0.4 is 0 Å². The summed E-state index contributed by atoms with van der Waals surface area (Å²) >= 11 is 1.82. The van der Waals surface area contributed by atoms with Crippen molar-refractivity contribution < 1.29 is 14.7 Å². The van der Waals surface area contributed by atoms with E-state index in [1.807, 2.05) is 23.9 Å². The Morgan fingerprint density at radius 1 is 1.40 bits per heavy atom. The summed E-state index contributed by atoms with van der Waals surface area (Å²) in [6.45, 7) is 1.00. The molecule has 0 radical (unpaired) electrons. The van der Waals surface area contributed by atoms with Gasteiger partial charge in [0.25, 0.3) is 0 Å². The van der Waals surface area contributed by atoms with E-state index < -0.39 is 11.9 Å². The van der Waals surface area contributed by atoms with E-state index in [2.05, 4.69) is 12.1 Å². The summed E-state index contributed by atoms with van der Waals surface area (Å²) in [5, 5.41) is 9.12. The molecular formula is C15H17NO3S. The van der Waals surface area contributed by atoms with Crippen LogP contribution in [0.4, 0.5) is 0 Å². The summed E-state index contributed by atoms with van der Waals surface area (Å²) in [6, 6.07) is 8.28. The van der Waals surface area contributed by atoms with Crippen molar-refractivity contribution in [2.24, 2.45) is 5.92 Å². The lowest BCUT2D eigenvalue weighted by molar-refractivity contribution is -0.147. The van der Waals surface area contributed by atoms with Crippen molar-refractivity contribution in [1.29, 1.82) is 0 Å². The van der Waals surface area contributed by atoms with Gasteiger partial charge in [0.15, 0.2) is 0 Å². The summed E-state index contributed by atoms with van der Waals surface area (Å²) in [5.74, 6) is 0.200. The monoisotopic (exact) mass is 291 g/mol. The van der Waals surface area contributed by atoms with Crippen LogP contribution in [0.5, 0.6) is 0 Å². The molecule has 4 nitrogen and oxygen atoms in total. The van der Waals surface area contributed by atoms with Crippen LogP contribution in [0.3, 0.4) is 0 Å². The molecule has 5 heteroatoms. The van der Waals surface area contributed by atoms with E-state index in [9.17, 15) is 9.59 Å². The van der Waals surface area contributed by atoms with Gasteiger partial charge in [0, 0.05) is 36.1 Å². The van der Waals surface area contributed by atoms with Crippen LogP contribution in [-0.2, 0) is 9.59 Å². The number of nitrogens with zero attached hydrogens (tertiary/aromatic N) is 1. The fraction of sp³-hybridized carbons (Fsp3) is 0.467. The van der Waals surface area contributed by atoms with Gasteiger partial charge in [0.2, 0.25) is 5.91 Å². The highest BCUT2D eigenvalue weighted by Gasteiger charge is 2.33. The number of amides is 1. The van der Waals surface area contributed by atoms with Crippen LogP contribution in [0.25, 0.3) is 0 Å². The zero-order chi connectivity index (χ0) is 14.1. The maximum absolute atomic E-state index is 12.0. The molecule has 0 aromatic heterocycles. The van der Waals surface area contributed by atoms with Gasteiger partial charge in [-0.15, -0.1) is 11.8 Å². The van der Waals surface area contributed by atoms with Crippen molar-refractivity contribution in [3.05, 3.63) is 29.8 Å². The molecule has 0 saturated carbocycles. The fourth-order valence-corrected chi connectivity index (χ4v) is 4.18. The number of likely N-dealkylation sites (tertiary alicyclic amines) is 1. The van der Waals surface area contributed by atoms with Crippen LogP contribution in [0.1, 0.15) is 24.3 Å². The van der Waals surface area contributed by atoms with Gasteiger partial charge in [0.05, 0.1) is 5.92 Å². The van der Waals surface area contributed by atoms with E-state index in [1.54, 1.807) is 4.90 Å². The summed E-state index contributed by atoms with van der Waals surface area (Å²) < 4.78 is 0. The number of hydrogen-bond acceptors (Lipinski definition) is 3. The van der Waals surface area contributed by atoms with Crippen LogP contribution >= 0.6 is 11.8 Å². The summed E-state index contributed by atoms with van der Waals surface area (Å²) in [5.41, 5.74) is 1.29. The molecule has 2 heterocycles. The van der Waals surface area contributed by atoms with E-state index in [-0.39, 0.29) is 5.91 Å². The summed E-state index contributed by atoms with van der Waals surface area (Å²) in [7, 11) is 0. The molecule has 0 bridgehead atoms. The minimum Gasteiger partial charge on any atom is -0.481 e. The molecule has 1 aromatic rings. The van der Waals surface area contributed by atoms with E-state index in [0.29, 0.717) is 31.8 Å². The van der Waals surface area contributed by atoms with Crippen molar-refractivity contribution in [1.82, 2.24) is 4.90 Å². The molecular weight excluding hydrogens is 274 g/mol. The minimum atomic E-state index is -0.788. The number of aliphatic carboxylic acids is 1. The fourth-order valence-electron chi connectivity index (χ4n) is 2.94. The van der Waals surface area contributed by atoms with Crippen LogP contribution in [-0.4, -0.2) is 40.7 Å². The van der Waals surface area contributed by atoms with Crippen LogP contribution in [0.2, 0.25) is 0 Å². The number of thioether (sulfide) groups is 1. The third kappa shape index (κ3) is 2.54. The number of piperidine rings is 1. The summed E-state index contributed by atoms with van der Waals surface area (Å²) in [4.78, 5) is 26.1. The summed E-state index contributed by atoms with van der Waals surface area (Å²) in [6.07, 6.45) is 0.832. The SMILES string of the molecule is O=C(O)C1CCC(=O)N(CC2CSc3ccccc32)C1. The molecule has 1 amide bonds. The lowest BCUT2D eigenvalue weighted by Gasteiger charge is -2.32. The standard InChI is InChI=1S/C15H17NO3S/c17-14-6-5-10(15(18)19)7-16(14)8-11-9-20-13-4-2-1-3-12(11)13/h1-4,10-11H,5-9H2,(H,18,19). The average molecular weight is 291 g/mol. The predicted octanol–water partition coefficient (Wildman–Crippen LogP) is 2.20. The highest BCUT2D eigenvalue weighted by molar-refractivity contribution is 7.99. The first-order chi connectivity index (χ1) is 9.65. The van der Waals surface area contributed by atoms with Crippen molar-refractivity contribution >= 4 is 23.6 Å². The number of carboxylic acid groups (broad SMARTS) is 1. The number of fused-ring (bicyclic) bond motifs is 1. The highest BCUT2D eigenvalue weighted by atomic mass is 32.2. The molecule has 106 valence electrons. The first kappa shape index (κ1) is 13.5. The zero-order valence-corrected chi connectivity index (χ0v) is 11.9. The van der Waals surface area contributed by atoms with Crippen molar-refractivity contribution in [3.63, 3.8) is 0 Å². The smallest absolute Gasteiger partial charge is 0.308 e. The normalized spacial score (nSPS) is 25.6. The molecule has 1 fully saturated rings. The number of rotatable bonds is 3. The number of carbonyl (C=O) groups is 2. The molecule has 2 atom stereocenters. The third-order valence-corrected chi connectivity index (χ3v) is 5.34. The number of benzene rings is 1. The first-order valence-electron chi connectivity index (χ1n) is 6.87. The third-order valence-electron chi connectivity index (χ3n) is 4.09. The molecule has 2 aliphatic heterocycles. The Labute approximate surface area is 122 Å². The molecule has 3 rings (SSSR count). The van der Waals surface area contributed by atoms with Crippen molar-refractivity contribution in [3.8, 4) is 0 Å². The van der Waals surface area contributed by atoms with Gasteiger partial charge in [0.1, 0.15) is 0 Å². The van der Waals surface area contributed by atoms with Gasteiger partial charge in [-0.3, -0.25) is 9.59 Å². The topological polar surface area (TPSA) is 57.6 Å². The van der Waals surface area contributed by atoms with Gasteiger partial charge in [-0.2, -0.15) is 0 Å². The molecule has 1 aromatic carbocycles. The molecule has 1 saturated heterocycles. The Hall–Kier alpha value is -1.49. The van der Waals surface area contributed by atoms with Crippen LogP contribution in [0, 0.1) is 5.92 Å². The van der Waals surface area contributed by atoms with Crippen LogP contribution in [0.15, 0.2) is 29.2 Å². The van der Waals surface area contributed by atoms with E-state index in [1.165, 1.54) is 10.5 Å².